The molecule has 1 aromatic carbocycles. The summed E-state index contributed by atoms with van der Waals surface area (Å²) in [5, 5.41) is 10.8. The van der Waals surface area contributed by atoms with Gasteiger partial charge in [0.25, 0.3) is 0 Å². The van der Waals surface area contributed by atoms with Gasteiger partial charge in [-0.1, -0.05) is 17.9 Å². The van der Waals surface area contributed by atoms with Gasteiger partial charge in [0.2, 0.25) is 0 Å². The number of rotatable bonds is 3. The number of nitrogens with two attached hydrogens (primary N) is 1. The number of ether oxygens (including phenoxy) is 1. The first-order valence-corrected chi connectivity index (χ1v) is 6.59. The van der Waals surface area contributed by atoms with Crippen molar-refractivity contribution in [2.45, 2.75) is 6.61 Å². The second-order valence-corrected chi connectivity index (χ2v) is 4.73. The van der Waals surface area contributed by atoms with Crippen LogP contribution in [0.3, 0.4) is 0 Å². The summed E-state index contributed by atoms with van der Waals surface area (Å²) in [6.07, 6.45) is 0. The molecule has 4 heteroatoms. The second kappa shape index (κ2) is 6.61. The zero-order chi connectivity index (χ0) is 13.5. The minimum absolute atomic E-state index is 0.364. The molecule has 0 radical (unpaired) electrons. The molecule has 0 amide bonds. The van der Waals surface area contributed by atoms with Crippen LogP contribution in [-0.2, 0) is 6.61 Å². The van der Waals surface area contributed by atoms with E-state index in [0.29, 0.717) is 24.5 Å². The molecular weight excluding hydrogens is 256 g/mol. The number of nitrogens with zero attached hydrogens (tertiary/aromatic N) is 1. The molecule has 0 bridgehead atoms. The largest absolute Gasteiger partial charge is 0.488 e. The Labute approximate surface area is 116 Å². The third-order valence-electron chi connectivity index (χ3n) is 2.33. The third kappa shape index (κ3) is 3.86. The molecule has 1 heterocycles. The van der Waals surface area contributed by atoms with Gasteiger partial charge in [0, 0.05) is 15.8 Å². The van der Waals surface area contributed by atoms with Crippen LogP contribution >= 0.6 is 11.3 Å². The standard InChI is InChI=1S/C15H12N2OS/c16-6-2-4-13-8-15(19-11-13)10-18-14-5-1-3-12(7-14)9-17/h1,3,5,7-8,11H,6,10,16H2. The maximum atomic E-state index is 8.80. The van der Waals surface area contributed by atoms with E-state index >= 15 is 0 Å². The highest BCUT2D eigenvalue weighted by atomic mass is 32.1. The second-order valence-electron chi connectivity index (χ2n) is 3.74. The minimum atomic E-state index is 0.364. The Bertz CT molecular complexity index is 659. The van der Waals surface area contributed by atoms with Gasteiger partial charge < -0.3 is 10.5 Å². The van der Waals surface area contributed by atoms with Crippen LogP contribution in [0.15, 0.2) is 35.7 Å². The molecule has 0 saturated carbocycles. The average molecular weight is 268 g/mol. The van der Waals surface area contributed by atoms with Gasteiger partial charge >= 0.3 is 0 Å². The Balaban J connectivity index is 1.98. The fourth-order valence-corrected chi connectivity index (χ4v) is 2.21. The summed E-state index contributed by atoms with van der Waals surface area (Å²) < 4.78 is 5.64. The highest BCUT2D eigenvalue weighted by Gasteiger charge is 2.00. The smallest absolute Gasteiger partial charge is 0.122 e. The fraction of sp³-hybridized carbons (Fsp3) is 0.133. The molecule has 0 unspecified atom stereocenters. The maximum Gasteiger partial charge on any atom is 0.122 e. The summed E-state index contributed by atoms with van der Waals surface area (Å²) in [5.41, 5.74) is 6.88. The average Bonchev–Trinajstić information content (AvgIpc) is 2.91. The van der Waals surface area contributed by atoms with E-state index < -0.39 is 0 Å². The van der Waals surface area contributed by atoms with Crippen LogP contribution in [0.25, 0.3) is 0 Å². The lowest BCUT2D eigenvalue weighted by Crippen LogP contribution is -1.93. The number of hydrogen-bond acceptors (Lipinski definition) is 4. The topological polar surface area (TPSA) is 59.0 Å². The van der Waals surface area contributed by atoms with E-state index in [4.69, 9.17) is 15.7 Å². The summed E-state index contributed by atoms with van der Waals surface area (Å²) in [4.78, 5) is 1.09. The van der Waals surface area contributed by atoms with Gasteiger partial charge in [-0.25, -0.2) is 0 Å². The van der Waals surface area contributed by atoms with Gasteiger partial charge in [-0.05, 0) is 24.3 Å². The van der Waals surface area contributed by atoms with Gasteiger partial charge in [0.15, 0.2) is 0 Å². The van der Waals surface area contributed by atoms with E-state index in [1.165, 1.54) is 0 Å². The molecule has 0 aliphatic rings. The van der Waals surface area contributed by atoms with Crippen molar-refractivity contribution in [3.63, 3.8) is 0 Å². The molecule has 19 heavy (non-hydrogen) atoms. The monoisotopic (exact) mass is 268 g/mol. The number of benzene rings is 1. The Morgan fingerprint density at radius 3 is 2.95 bits per heavy atom. The van der Waals surface area contributed by atoms with E-state index in [-0.39, 0.29) is 0 Å². The number of hydrogen-bond donors (Lipinski definition) is 1. The van der Waals surface area contributed by atoms with Crippen molar-refractivity contribution in [2.75, 3.05) is 6.54 Å². The third-order valence-corrected chi connectivity index (χ3v) is 3.24. The van der Waals surface area contributed by atoms with Gasteiger partial charge in [-0.15, -0.1) is 11.3 Å². The molecule has 2 aromatic rings. The zero-order valence-corrected chi connectivity index (χ0v) is 11.0. The first-order chi connectivity index (χ1) is 9.31. The van der Waals surface area contributed by atoms with E-state index in [1.807, 2.05) is 17.5 Å². The molecule has 2 rings (SSSR count). The lowest BCUT2D eigenvalue weighted by molar-refractivity contribution is 0.309. The number of thiophene rings is 1. The van der Waals surface area contributed by atoms with Crippen molar-refractivity contribution in [2.24, 2.45) is 5.73 Å². The summed E-state index contributed by atoms with van der Waals surface area (Å²) in [6, 6.07) is 11.2. The first-order valence-electron chi connectivity index (χ1n) is 5.71. The molecule has 3 nitrogen and oxygen atoms in total. The lowest BCUT2D eigenvalue weighted by atomic mass is 10.2. The SMILES string of the molecule is N#Cc1cccc(OCc2cc(C#CCN)cs2)c1. The predicted octanol–water partition coefficient (Wildman–Crippen LogP) is 2.51. The highest BCUT2D eigenvalue weighted by molar-refractivity contribution is 7.10. The summed E-state index contributed by atoms with van der Waals surface area (Å²) in [5.74, 6) is 6.49. The molecule has 0 aliphatic heterocycles. The van der Waals surface area contributed by atoms with Crippen molar-refractivity contribution < 1.29 is 4.74 Å². The molecule has 0 aliphatic carbocycles. The normalized spacial score (nSPS) is 9.26. The summed E-state index contributed by atoms with van der Waals surface area (Å²) in [6.45, 7) is 0.840. The Hall–Kier alpha value is -2.27. The Morgan fingerprint density at radius 1 is 1.26 bits per heavy atom. The highest BCUT2D eigenvalue weighted by Crippen LogP contribution is 2.18. The van der Waals surface area contributed by atoms with Gasteiger partial charge in [-0.2, -0.15) is 5.26 Å². The van der Waals surface area contributed by atoms with Crippen LogP contribution < -0.4 is 10.5 Å². The van der Waals surface area contributed by atoms with Gasteiger partial charge in [-0.3, -0.25) is 0 Å². The van der Waals surface area contributed by atoms with Crippen LogP contribution in [-0.4, -0.2) is 6.54 Å². The van der Waals surface area contributed by atoms with Crippen molar-refractivity contribution in [1.29, 1.82) is 5.26 Å². The van der Waals surface area contributed by atoms with E-state index in [2.05, 4.69) is 17.9 Å². The molecule has 1 aromatic heterocycles. The van der Waals surface area contributed by atoms with Crippen molar-refractivity contribution in [3.8, 4) is 23.7 Å². The summed E-state index contributed by atoms with van der Waals surface area (Å²) >= 11 is 1.60. The zero-order valence-electron chi connectivity index (χ0n) is 10.2. The van der Waals surface area contributed by atoms with Crippen LogP contribution in [0.1, 0.15) is 16.0 Å². The maximum absolute atomic E-state index is 8.80. The van der Waals surface area contributed by atoms with Crippen LogP contribution in [0.4, 0.5) is 0 Å². The molecule has 2 N–H and O–H groups in total. The fourth-order valence-electron chi connectivity index (χ4n) is 1.48. The molecule has 0 spiro atoms. The van der Waals surface area contributed by atoms with Crippen molar-refractivity contribution in [1.82, 2.24) is 0 Å². The predicted molar refractivity (Wildman–Crippen MR) is 75.7 cm³/mol. The quantitative estimate of drug-likeness (QED) is 0.870. The Kier molecular flexibility index (Phi) is 4.58. The molecule has 0 atom stereocenters. The number of nitriles is 1. The van der Waals surface area contributed by atoms with Crippen molar-refractivity contribution in [3.05, 3.63) is 51.7 Å². The molecule has 94 valence electrons. The summed E-state index contributed by atoms with van der Waals surface area (Å²) in [7, 11) is 0. The molecule has 0 saturated heterocycles. The van der Waals surface area contributed by atoms with E-state index in [0.717, 1.165) is 10.4 Å². The molecular formula is C15H12N2OS. The van der Waals surface area contributed by atoms with Crippen molar-refractivity contribution >= 4 is 11.3 Å². The Morgan fingerprint density at radius 2 is 2.16 bits per heavy atom. The van der Waals surface area contributed by atoms with Crippen LogP contribution in [0.2, 0.25) is 0 Å². The van der Waals surface area contributed by atoms with E-state index in [1.54, 1.807) is 29.5 Å². The van der Waals surface area contributed by atoms with E-state index in [9.17, 15) is 0 Å². The van der Waals surface area contributed by atoms with Gasteiger partial charge in [0.05, 0.1) is 18.2 Å². The van der Waals surface area contributed by atoms with Gasteiger partial charge in [0.1, 0.15) is 12.4 Å². The first kappa shape index (κ1) is 13.2. The molecule has 0 fully saturated rings. The van der Waals surface area contributed by atoms with Crippen LogP contribution in [0, 0.1) is 23.2 Å². The van der Waals surface area contributed by atoms with Crippen LogP contribution in [0.5, 0.6) is 5.75 Å². The lowest BCUT2D eigenvalue weighted by Gasteiger charge is -2.04. The minimum Gasteiger partial charge on any atom is -0.488 e.